The molecule has 0 radical (unpaired) electrons. The maximum absolute atomic E-state index is 9.72. The molecule has 3 atom stereocenters. The Balaban J connectivity index is 2.25. The Morgan fingerprint density at radius 2 is 1.74 bits per heavy atom. The van der Waals surface area contributed by atoms with Crippen LogP contribution in [0.5, 0.6) is 0 Å². The number of hydrogen-bond acceptors (Lipinski definition) is 7. The Morgan fingerprint density at radius 3 is 2.26 bits per heavy atom. The normalized spacial score (nSPS) is 22.4. The maximum atomic E-state index is 9.72. The molecule has 3 unspecified atom stereocenters. The molecule has 1 aliphatic rings. The Kier molecular flexibility index (Phi) is 7.77. The molecule has 0 saturated heterocycles. The average molecular weight is 278 g/mol. The summed E-state index contributed by atoms with van der Waals surface area (Å²) in [5.41, 5.74) is 5.28. The quantitative estimate of drug-likeness (QED) is 0.308. The maximum Gasteiger partial charge on any atom is 0.211 e. The van der Waals surface area contributed by atoms with Crippen molar-refractivity contribution in [2.45, 2.75) is 63.5 Å². The zero-order valence-corrected chi connectivity index (χ0v) is 11.1. The summed E-state index contributed by atoms with van der Waals surface area (Å²) in [5.74, 6) is 0.473. The van der Waals surface area contributed by atoms with Gasteiger partial charge in [-0.3, -0.25) is 5.32 Å². The molecule has 7 N–H and O–H groups in total. The van der Waals surface area contributed by atoms with E-state index in [9.17, 15) is 10.2 Å². The lowest BCUT2D eigenvalue weighted by molar-refractivity contribution is -0.137. The first-order valence-electron chi connectivity index (χ1n) is 6.84. The highest BCUT2D eigenvalue weighted by Crippen LogP contribution is 2.24. The van der Waals surface area contributed by atoms with Crippen molar-refractivity contribution in [2.24, 2.45) is 11.7 Å². The Labute approximate surface area is 113 Å². The van der Waals surface area contributed by atoms with Crippen molar-refractivity contribution < 1.29 is 25.2 Å². The number of rotatable bonds is 8. The second kappa shape index (κ2) is 8.80. The van der Waals surface area contributed by atoms with E-state index in [-0.39, 0.29) is 6.42 Å². The van der Waals surface area contributed by atoms with Crippen LogP contribution in [-0.4, -0.2) is 52.0 Å². The minimum absolute atomic E-state index is 0.0119. The van der Waals surface area contributed by atoms with E-state index in [0.717, 1.165) is 12.8 Å². The number of hydrogen-bond donors (Lipinski definition) is 6. The second-order valence-electron chi connectivity index (χ2n) is 5.17. The van der Waals surface area contributed by atoms with Gasteiger partial charge in [0.2, 0.25) is 6.41 Å². The Hall–Kier alpha value is -0.280. The van der Waals surface area contributed by atoms with Gasteiger partial charge < -0.3 is 30.9 Å². The molecule has 0 aliphatic heterocycles. The number of nitrogens with one attached hydrogen (secondary N) is 1. The molecule has 0 spiro atoms. The molecule has 0 amide bonds. The second-order valence-corrected chi connectivity index (χ2v) is 5.17. The SMILES string of the molecule is NC(O)C(CC(O)OCC1CCCCC1)NC(O)O. The van der Waals surface area contributed by atoms with Gasteiger partial charge in [0.25, 0.3) is 0 Å². The van der Waals surface area contributed by atoms with E-state index in [1.54, 1.807) is 0 Å². The van der Waals surface area contributed by atoms with Gasteiger partial charge in [0.05, 0.1) is 12.6 Å². The number of aliphatic hydroxyl groups excluding tert-OH is 3. The van der Waals surface area contributed by atoms with Gasteiger partial charge in [0, 0.05) is 6.42 Å². The van der Waals surface area contributed by atoms with Crippen LogP contribution in [0.2, 0.25) is 0 Å². The van der Waals surface area contributed by atoms with Crippen LogP contribution in [-0.2, 0) is 4.74 Å². The standard InChI is InChI=1S/C12H26N2O5/c13-11(16)9(14-12(17)18)6-10(15)19-7-8-4-2-1-3-5-8/h8-12,14-18H,1-7,13H2. The predicted octanol–water partition coefficient (Wildman–Crippen LogP) is -1.20. The topological polar surface area (TPSA) is 128 Å². The lowest BCUT2D eigenvalue weighted by Crippen LogP contribution is -2.51. The summed E-state index contributed by atoms with van der Waals surface area (Å²) in [6.07, 6.45) is 1.69. The van der Waals surface area contributed by atoms with E-state index in [4.69, 9.17) is 20.7 Å². The van der Waals surface area contributed by atoms with Gasteiger partial charge in [-0.1, -0.05) is 19.3 Å². The van der Waals surface area contributed by atoms with Crippen molar-refractivity contribution >= 4 is 0 Å². The van der Waals surface area contributed by atoms with Gasteiger partial charge in [-0.2, -0.15) is 0 Å². The third-order valence-corrected chi connectivity index (χ3v) is 3.48. The molecule has 0 aromatic heterocycles. The molecule has 1 aliphatic carbocycles. The number of aliphatic hydroxyl groups is 4. The molecule has 7 heteroatoms. The summed E-state index contributed by atoms with van der Waals surface area (Å²) in [7, 11) is 0. The summed E-state index contributed by atoms with van der Waals surface area (Å²) in [6.45, 7) is 0.482. The highest BCUT2D eigenvalue weighted by molar-refractivity contribution is 4.72. The van der Waals surface area contributed by atoms with E-state index in [1.165, 1.54) is 19.3 Å². The summed E-state index contributed by atoms with van der Waals surface area (Å²) in [4.78, 5) is 0. The van der Waals surface area contributed by atoms with Crippen molar-refractivity contribution in [2.75, 3.05) is 6.61 Å². The molecule has 0 heterocycles. The summed E-state index contributed by atoms with van der Waals surface area (Å²) < 4.78 is 5.33. The first-order valence-corrected chi connectivity index (χ1v) is 6.84. The van der Waals surface area contributed by atoms with Crippen LogP contribution in [0.4, 0.5) is 0 Å². The molecular formula is C12H26N2O5. The number of ether oxygens (including phenoxy) is 1. The summed E-state index contributed by atoms with van der Waals surface area (Å²) in [6, 6.07) is -0.846. The van der Waals surface area contributed by atoms with E-state index in [0.29, 0.717) is 12.5 Å². The summed E-state index contributed by atoms with van der Waals surface area (Å²) in [5, 5.41) is 38.8. The fourth-order valence-electron chi connectivity index (χ4n) is 2.38. The molecule has 0 bridgehead atoms. The molecular weight excluding hydrogens is 252 g/mol. The highest BCUT2D eigenvalue weighted by atomic mass is 16.6. The highest BCUT2D eigenvalue weighted by Gasteiger charge is 2.23. The fourth-order valence-corrected chi connectivity index (χ4v) is 2.38. The van der Waals surface area contributed by atoms with Crippen molar-refractivity contribution in [1.29, 1.82) is 0 Å². The van der Waals surface area contributed by atoms with Crippen LogP contribution in [0, 0.1) is 5.92 Å². The Bertz CT molecular complexity index is 234. The van der Waals surface area contributed by atoms with Gasteiger partial charge in [0.1, 0.15) is 6.23 Å². The van der Waals surface area contributed by atoms with Gasteiger partial charge in [-0.15, -0.1) is 0 Å². The minimum Gasteiger partial charge on any atom is -0.377 e. The minimum atomic E-state index is -1.80. The van der Waals surface area contributed by atoms with E-state index in [1.807, 2.05) is 0 Å². The molecule has 1 rings (SSSR count). The third-order valence-electron chi connectivity index (χ3n) is 3.48. The predicted molar refractivity (Wildman–Crippen MR) is 68.5 cm³/mol. The van der Waals surface area contributed by atoms with Gasteiger partial charge in [-0.25, -0.2) is 0 Å². The average Bonchev–Trinajstić information content (AvgIpc) is 2.36. The van der Waals surface area contributed by atoms with Crippen LogP contribution in [0.3, 0.4) is 0 Å². The van der Waals surface area contributed by atoms with Crippen LogP contribution < -0.4 is 11.1 Å². The van der Waals surface area contributed by atoms with Crippen LogP contribution >= 0.6 is 0 Å². The zero-order chi connectivity index (χ0) is 14.3. The van der Waals surface area contributed by atoms with E-state index >= 15 is 0 Å². The molecule has 1 fully saturated rings. The molecule has 7 nitrogen and oxygen atoms in total. The Morgan fingerprint density at radius 1 is 1.11 bits per heavy atom. The molecule has 114 valence electrons. The third kappa shape index (κ3) is 7.17. The smallest absolute Gasteiger partial charge is 0.211 e. The van der Waals surface area contributed by atoms with Crippen molar-refractivity contribution in [3.05, 3.63) is 0 Å². The van der Waals surface area contributed by atoms with Gasteiger partial charge in [0.15, 0.2) is 6.29 Å². The monoisotopic (exact) mass is 278 g/mol. The molecule has 0 aromatic rings. The summed E-state index contributed by atoms with van der Waals surface area (Å²) >= 11 is 0. The van der Waals surface area contributed by atoms with Crippen molar-refractivity contribution in [3.8, 4) is 0 Å². The largest absolute Gasteiger partial charge is 0.377 e. The van der Waals surface area contributed by atoms with Crippen LogP contribution in [0.1, 0.15) is 38.5 Å². The fraction of sp³-hybridized carbons (Fsp3) is 1.00. The number of nitrogens with two attached hydrogens (primary N) is 1. The van der Waals surface area contributed by atoms with Crippen LogP contribution in [0.15, 0.2) is 0 Å². The van der Waals surface area contributed by atoms with E-state index < -0.39 is 25.0 Å². The van der Waals surface area contributed by atoms with Crippen molar-refractivity contribution in [1.82, 2.24) is 5.32 Å². The zero-order valence-electron chi connectivity index (χ0n) is 11.1. The van der Waals surface area contributed by atoms with Gasteiger partial charge in [-0.05, 0) is 18.8 Å². The van der Waals surface area contributed by atoms with Crippen molar-refractivity contribution in [3.63, 3.8) is 0 Å². The molecule has 19 heavy (non-hydrogen) atoms. The lowest BCUT2D eigenvalue weighted by atomic mass is 9.90. The first-order chi connectivity index (χ1) is 8.99. The lowest BCUT2D eigenvalue weighted by Gasteiger charge is -2.26. The molecule has 0 aromatic carbocycles. The first kappa shape index (κ1) is 16.8. The van der Waals surface area contributed by atoms with E-state index in [2.05, 4.69) is 5.32 Å². The van der Waals surface area contributed by atoms with Crippen LogP contribution in [0.25, 0.3) is 0 Å². The van der Waals surface area contributed by atoms with Gasteiger partial charge >= 0.3 is 0 Å². The molecule has 1 saturated carbocycles.